The van der Waals surface area contributed by atoms with Crippen LogP contribution in [0.5, 0.6) is 0 Å². The highest BCUT2D eigenvalue weighted by molar-refractivity contribution is 7.22. The van der Waals surface area contributed by atoms with E-state index < -0.39 is 17.6 Å². The molecule has 0 atom stereocenters. The van der Waals surface area contributed by atoms with Crippen LogP contribution >= 0.6 is 11.3 Å². The summed E-state index contributed by atoms with van der Waals surface area (Å²) >= 11 is 1.44. The monoisotopic (exact) mass is 310 g/mol. The first-order chi connectivity index (χ1) is 9.84. The van der Waals surface area contributed by atoms with Gasteiger partial charge in [0.25, 0.3) is 0 Å². The average Bonchev–Trinajstić information content (AvgIpc) is 2.80. The summed E-state index contributed by atoms with van der Waals surface area (Å²) in [6.45, 7) is 1.97. The topological polar surface area (TPSA) is 0 Å². The summed E-state index contributed by atoms with van der Waals surface area (Å²) in [7, 11) is 0. The van der Waals surface area contributed by atoms with Crippen molar-refractivity contribution in [2.45, 2.75) is 13.1 Å². The Bertz CT molecular complexity index is 815. The molecule has 0 aliphatic carbocycles. The Morgan fingerprint density at radius 1 is 0.952 bits per heavy atom. The Balaban J connectivity index is 2.08. The Kier molecular flexibility index (Phi) is 3.24. The van der Waals surface area contributed by atoms with Crippen molar-refractivity contribution in [2.75, 3.05) is 0 Å². The normalized spacial score (nSPS) is 12.0. The zero-order chi connectivity index (χ0) is 15.2. The first-order valence-corrected chi connectivity index (χ1v) is 7.03. The van der Waals surface area contributed by atoms with E-state index in [-0.39, 0.29) is 0 Å². The Morgan fingerprint density at radius 3 is 2.38 bits per heavy atom. The number of hydrogen-bond donors (Lipinski definition) is 0. The summed E-state index contributed by atoms with van der Waals surface area (Å²) in [6.07, 6.45) is -4.67. The molecule has 0 nitrogen and oxygen atoms in total. The van der Waals surface area contributed by atoms with Crippen molar-refractivity contribution in [2.24, 2.45) is 0 Å². The average molecular weight is 310 g/mol. The van der Waals surface area contributed by atoms with Crippen LogP contribution in [0.15, 0.2) is 42.5 Å². The van der Waals surface area contributed by atoms with Crippen LogP contribution in [0.3, 0.4) is 0 Å². The second-order valence-corrected chi connectivity index (χ2v) is 5.93. The van der Waals surface area contributed by atoms with Gasteiger partial charge in [0.05, 0.1) is 5.56 Å². The fourth-order valence-corrected chi connectivity index (χ4v) is 3.34. The third kappa shape index (κ3) is 2.65. The van der Waals surface area contributed by atoms with Gasteiger partial charge in [0.1, 0.15) is 5.82 Å². The molecule has 0 spiro atoms. The lowest BCUT2D eigenvalue weighted by atomic mass is 10.1. The number of aryl methyl sites for hydroxylation is 1. The zero-order valence-electron chi connectivity index (χ0n) is 11.0. The molecule has 1 aromatic heterocycles. The van der Waals surface area contributed by atoms with Gasteiger partial charge in [0.2, 0.25) is 0 Å². The maximum Gasteiger partial charge on any atom is 0.419 e. The molecule has 0 aliphatic rings. The maximum absolute atomic E-state index is 13.6. The largest absolute Gasteiger partial charge is 0.419 e. The van der Waals surface area contributed by atoms with Crippen molar-refractivity contribution in [1.29, 1.82) is 0 Å². The van der Waals surface area contributed by atoms with Gasteiger partial charge in [-0.15, -0.1) is 11.3 Å². The Morgan fingerprint density at radius 2 is 1.71 bits per heavy atom. The molecule has 0 aliphatic heterocycles. The standard InChI is InChI=1S/C16H10F4S/c1-9-2-3-11-8-15(21-14(11)6-9)10-4-5-12(13(17)7-10)16(18,19)20/h2-8H,1H3. The highest BCUT2D eigenvalue weighted by atomic mass is 32.1. The minimum absolute atomic E-state index is 0.458. The molecule has 2 aromatic carbocycles. The smallest absolute Gasteiger partial charge is 0.206 e. The van der Waals surface area contributed by atoms with E-state index in [1.54, 1.807) is 0 Å². The van der Waals surface area contributed by atoms with E-state index in [0.29, 0.717) is 5.56 Å². The van der Waals surface area contributed by atoms with E-state index in [1.165, 1.54) is 17.4 Å². The van der Waals surface area contributed by atoms with Gasteiger partial charge in [-0.05, 0) is 47.7 Å². The second kappa shape index (κ2) is 4.84. The van der Waals surface area contributed by atoms with Crippen molar-refractivity contribution < 1.29 is 17.6 Å². The lowest BCUT2D eigenvalue weighted by Crippen LogP contribution is -2.07. The molecule has 3 aromatic rings. The molecule has 5 heteroatoms. The summed E-state index contributed by atoms with van der Waals surface area (Å²) in [4.78, 5) is 0.753. The quantitative estimate of drug-likeness (QED) is 0.481. The Hall–Kier alpha value is -1.88. The first-order valence-electron chi connectivity index (χ1n) is 6.22. The summed E-state index contributed by atoms with van der Waals surface area (Å²) in [5.41, 5.74) is 0.331. The first kappa shape index (κ1) is 14.1. The molecule has 0 saturated heterocycles. The molecule has 3 rings (SSSR count). The van der Waals surface area contributed by atoms with Gasteiger partial charge in [-0.3, -0.25) is 0 Å². The number of halogens is 4. The molecule has 0 unspecified atom stereocenters. The molecule has 0 N–H and O–H groups in total. The maximum atomic E-state index is 13.6. The predicted octanol–water partition coefficient (Wildman–Crippen LogP) is 6.03. The molecule has 0 bridgehead atoms. The minimum Gasteiger partial charge on any atom is -0.206 e. The lowest BCUT2D eigenvalue weighted by Gasteiger charge is -2.08. The minimum atomic E-state index is -4.67. The second-order valence-electron chi connectivity index (χ2n) is 4.84. The molecule has 1 heterocycles. The van der Waals surface area contributed by atoms with E-state index in [9.17, 15) is 17.6 Å². The number of fused-ring (bicyclic) bond motifs is 1. The van der Waals surface area contributed by atoms with Crippen molar-refractivity contribution in [3.63, 3.8) is 0 Å². The molecule has 0 fully saturated rings. The third-order valence-electron chi connectivity index (χ3n) is 3.23. The number of hydrogen-bond acceptors (Lipinski definition) is 1. The number of thiophene rings is 1. The van der Waals surface area contributed by atoms with Gasteiger partial charge in [-0.1, -0.05) is 18.2 Å². The molecule has 21 heavy (non-hydrogen) atoms. The van der Waals surface area contributed by atoms with Crippen molar-refractivity contribution in [1.82, 2.24) is 0 Å². The summed E-state index contributed by atoms with van der Waals surface area (Å²) in [5, 5.41) is 1.00. The summed E-state index contributed by atoms with van der Waals surface area (Å²) in [6, 6.07) is 10.8. The fourth-order valence-electron chi connectivity index (χ4n) is 2.18. The lowest BCUT2D eigenvalue weighted by molar-refractivity contribution is -0.139. The highest BCUT2D eigenvalue weighted by Gasteiger charge is 2.33. The molecule has 108 valence electrons. The van der Waals surface area contributed by atoms with Gasteiger partial charge in [-0.25, -0.2) is 4.39 Å². The Labute approximate surface area is 122 Å². The predicted molar refractivity (Wildman–Crippen MR) is 77.0 cm³/mol. The molecular formula is C16H10F4S. The van der Waals surface area contributed by atoms with Gasteiger partial charge >= 0.3 is 6.18 Å². The molecular weight excluding hydrogens is 300 g/mol. The van der Waals surface area contributed by atoms with Crippen LogP contribution in [0.2, 0.25) is 0 Å². The van der Waals surface area contributed by atoms with Crippen LogP contribution in [-0.2, 0) is 6.18 Å². The SMILES string of the molecule is Cc1ccc2cc(-c3ccc(C(F)(F)F)c(F)c3)sc2c1. The van der Waals surface area contributed by atoms with E-state index in [0.717, 1.165) is 32.7 Å². The van der Waals surface area contributed by atoms with Crippen LogP contribution in [0.25, 0.3) is 20.5 Å². The fraction of sp³-hybridized carbons (Fsp3) is 0.125. The molecule has 0 saturated carbocycles. The van der Waals surface area contributed by atoms with Gasteiger partial charge in [-0.2, -0.15) is 13.2 Å². The van der Waals surface area contributed by atoms with Crippen molar-refractivity contribution in [3.8, 4) is 10.4 Å². The van der Waals surface area contributed by atoms with Crippen LogP contribution in [0.4, 0.5) is 17.6 Å². The van der Waals surface area contributed by atoms with Crippen LogP contribution < -0.4 is 0 Å². The molecule has 0 amide bonds. The van der Waals surface area contributed by atoms with Crippen molar-refractivity contribution >= 4 is 21.4 Å². The van der Waals surface area contributed by atoms with E-state index in [2.05, 4.69) is 0 Å². The van der Waals surface area contributed by atoms with Crippen LogP contribution in [0, 0.1) is 12.7 Å². The number of alkyl halides is 3. The molecule has 0 radical (unpaired) electrons. The van der Waals surface area contributed by atoms with Crippen LogP contribution in [-0.4, -0.2) is 0 Å². The van der Waals surface area contributed by atoms with Crippen molar-refractivity contribution in [3.05, 3.63) is 59.4 Å². The highest BCUT2D eigenvalue weighted by Crippen LogP contribution is 2.37. The van der Waals surface area contributed by atoms with Gasteiger partial charge in [0, 0.05) is 9.58 Å². The van der Waals surface area contributed by atoms with Gasteiger partial charge in [0.15, 0.2) is 0 Å². The summed E-state index contributed by atoms with van der Waals surface area (Å²) < 4.78 is 52.3. The van der Waals surface area contributed by atoms with E-state index in [1.807, 2.05) is 31.2 Å². The third-order valence-corrected chi connectivity index (χ3v) is 4.38. The number of benzene rings is 2. The summed E-state index contributed by atoms with van der Waals surface area (Å²) in [5.74, 6) is -1.24. The number of rotatable bonds is 1. The van der Waals surface area contributed by atoms with E-state index >= 15 is 0 Å². The van der Waals surface area contributed by atoms with E-state index in [4.69, 9.17) is 0 Å². The zero-order valence-corrected chi connectivity index (χ0v) is 11.8. The van der Waals surface area contributed by atoms with Gasteiger partial charge < -0.3 is 0 Å². The van der Waals surface area contributed by atoms with Crippen LogP contribution in [0.1, 0.15) is 11.1 Å².